The maximum atomic E-state index is 12.8. The van der Waals surface area contributed by atoms with Crippen molar-refractivity contribution in [3.05, 3.63) is 30.2 Å². The number of nitrogens with one attached hydrogen (secondary N) is 1. The molecule has 2 aromatic rings. The van der Waals surface area contributed by atoms with Crippen LogP contribution in [-0.2, 0) is 0 Å². The number of rotatable bonds is 5. The van der Waals surface area contributed by atoms with E-state index < -0.39 is 0 Å². The predicted molar refractivity (Wildman–Crippen MR) is 77.7 cm³/mol. The molecule has 5 nitrogen and oxygen atoms in total. The molecular weight excluding hydrogens is 266 g/mol. The summed E-state index contributed by atoms with van der Waals surface area (Å²) in [4.78, 5) is 14.9. The van der Waals surface area contributed by atoms with Crippen LogP contribution in [0.25, 0.3) is 11.5 Å². The summed E-state index contributed by atoms with van der Waals surface area (Å²) < 4.78 is 5.33. The van der Waals surface area contributed by atoms with Crippen molar-refractivity contribution in [1.82, 2.24) is 15.1 Å². The molecule has 2 saturated carbocycles. The zero-order chi connectivity index (χ0) is 14.4. The summed E-state index contributed by atoms with van der Waals surface area (Å²) in [6, 6.07) is 6.21. The van der Waals surface area contributed by atoms with Crippen molar-refractivity contribution in [2.24, 2.45) is 5.92 Å². The van der Waals surface area contributed by atoms with Crippen LogP contribution in [0.5, 0.6) is 0 Å². The van der Waals surface area contributed by atoms with Gasteiger partial charge in [-0.1, -0.05) is 0 Å². The largest absolute Gasteiger partial charge is 0.463 e. The highest BCUT2D eigenvalue weighted by Gasteiger charge is 2.42. The number of aromatic amines is 1. The Morgan fingerprint density at radius 1 is 1.43 bits per heavy atom. The van der Waals surface area contributed by atoms with E-state index in [-0.39, 0.29) is 5.91 Å². The van der Waals surface area contributed by atoms with Gasteiger partial charge in [0.05, 0.1) is 6.26 Å². The van der Waals surface area contributed by atoms with Crippen LogP contribution < -0.4 is 0 Å². The Hall–Kier alpha value is -2.04. The van der Waals surface area contributed by atoms with Crippen LogP contribution >= 0.6 is 0 Å². The second kappa shape index (κ2) is 4.76. The van der Waals surface area contributed by atoms with Gasteiger partial charge in [-0.2, -0.15) is 5.10 Å². The molecule has 0 aromatic carbocycles. The quantitative estimate of drug-likeness (QED) is 0.918. The first-order valence-electron chi connectivity index (χ1n) is 7.66. The maximum absolute atomic E-state index is 12.8. The van der Waals surface area contributed by atoms with Crippen molar-refractivity contribution in [2.45, 2.75) is 44.7 Å². The van der Waals surface area contributed by atoms with E-state index in [1.54, 1.807) is 12.3 Å². The Morgan fingerprint density at radius 3 is 2.86 bits per heavy atom. The van der Waals surface area contributed by atoms with E-state index in [2.05, 4.69) is 22.0 Å². The molecule has 21 heavy (non-hydrogen) atoms. The molecular formula is C16H19N3O2. The topological polar surface area (TPSA) is 62.1 Å². The second-order valence-corrected chi connectivity index (χ2v) is 6.17. The predicted octanol–water partition coefficient (Wildman–Crippen LogP) is 3.07. The molecule has 2 aliphatic carbocycles. The van der Waals surface area contributed by atoms with Gasteiger partial charge in [0, 0.05) is 18.2 Å². The van der Waals surface area contributed by atoms with Crippen LogP contribution in [0.3, 0.4) is 0 Å². The Bertz CT molecular complexity index is 638. The Kier molecular flexibility index (Phi) is 2.87. The standard InChI is InChI=1S/C16H19N3O2/c1-10(11-4-5-11)19(12-6-7-12)16(20)14-9-13(17-18-14)15-3-2-8-21-15/h2-3,8-12H,4-7H2,1H3,(H,17,18). The van der Waals surface area contributed by atoms with Gasteiger partial charge in [-0.05, 0) is 50.7 Å². The lowest BCUT2D eigenvalue weighted by molar-refractivity contribution is 0.0648. The number of furan rings is 1. The SMILES string of the molecule is CC(C1CC1)N(C(=O)c1cc(-c2ccco2)[nH]n1)C1CC1. The Labute approximate surface area is 123 Å². The first kappa shape index (κ1) is 12.7. The second-order valence-electron chi connectivity index (χ2n) is 6.17. The lowest BCUT2D eigenvalue weighted by atomic mass is 10.1. The molecule has 0 saturated heterocycles. The van der Waals surface area contributed by atoms with E-state index in [0.29, 0.717) is 29.5 Å². The molecule has 1 unspecified atom stereocenters. The minimum absolute atomic E-state index is 0.0472. The summed E-state index contributed by atoms with van der Waals surface area (Å²) in [5, 5.41) is 7.08. The first-order valence-corrected chi connectivity index (χ1v) is 7.66. The van der Waals surface area contributed by atoms with Crippen LogP contribution in [0.15, 0.2) is 28.9 Å². The van der Waals surface area contributed by atoms with Crippen LogP contribution in [0, 0.1) is 5.92 Å². The Balaban J connectivity index is 1.58. The van der Waals surface area contributed by atoms with Gasteiger partial charge in [0.25, 0.3) is 5.91 Å². The minimum Gasteiger partial charge on any atom is -0.463 e. The lowest BCUT2D eigenvalue weighted by Gasteiger charge is -2.28. The molecule has 0 spiro atoms. The zero-order valence-corrected chi connectivity index (χ0v) is 12.1. The summed E-state index contributed by atoms with van der Waals surface area (Å²) in [5.41, 5.74) is 1.24. The fourth-order valence-corrected chi connectivity index (χ4v) is 2.96. The third kappa shape index (κ3) is 2.37. The maximum Gasteiger partial charge on any atom is 0.274 e. The van der Waals surface area contributed by atoms with Gasteiger partial charge in [-0.15, -0.1) is 0 Å². The highest BCUT2D eigenvalue weighted by Crippen LogP contribution is 2.40. The van der Waals surface area contributed by atoms with Crippen molar-refractivity contribution in [1.29, 1.82) is 0 Å². The van der Waals surface area contributed by atoms with Crippen molar-refractivity contribution in [3.8, 4) is 11.5 Å². The normalized spacial score (nSPS) is 19.5. The summed E-state index contributed by atoms with van der Waals surface area (Å²) >= 11 is 0. The number of H-pyrrole nitrogens is 1. The molecule has 4 rings (SSSR count). The molecule has 2 aliphatic rings. The van der Waals surface area contributed by atoms with E-state index in [1.165, 1.54) is 12.8 Å². The van der Waals surface area contributed by atoms with E-state index in [9.17, 15) is 4.79 Å². The number of carbonyl (C=O) groups excluding carboxylic acids is 1. The van der Waals surface area contributed by atoms with Crippen molar-refractivity contribution < 1.29 is 9.21 Å². The smallest absolute Gasteiger partial charge is 0.274 e. The van der Waals surface area contributed by atoms with E-state index in [0.717, 1.165) is 18.5 Å². The van der Waals surface area contributed by atoms with Crippen molar-refractivity contribution >= 4 is 5.91 Å². The third-order valence-electron chi connectivity index (χ3n) is 4.50. The highest BCUT2D eigenvalue weighted by molar-refractivity contribution is 5.94. The number of carbonyl (C=O) groups is 1. The fraction of sp³-hybridized carbons (Fsp3) is 0.500. The summed E-state index contributed by atoms with van der Waals surface area (Å²) in [6.45, 7) is 2.17. The van der Waals surface area contributed by atoms with Gasteiger partial charge in [0.2, 0.25) is 0 Å². The van der Waals surface area contributed by atoms with Gasteiger partial charge in [0.1, 0.15) is 5.69 Å². The van der Waals surface area contributed by atoms with E-state index in [1.807, 2.05) is 12.1 Å². The number of hydrogen-bond donors (Lipinski definition) is 1. The van der Waals surface area contributed by atoms with Crippen LogP contribution in [0.4, 0.5) is 0 Å². The monoisotopic (exact) mass is 285 g/mol. The molecule has 0 aliphatic heterocycles. The van der Waals surface area contributed by atoms with Gasteiger partial charge in [-0.25, -0.2) is 0 Å². The van der Waals surface area contributed by atoms with Gasteiger partial charge in [0.15, 0.2) is 11.5 Å². The minimum atomic E-state index is 0.0472. The number of amides is 1. The average molecular weight is 285 g/mol. The van der Waals surface area contributed by atoms with Crippen molar-refractivity contribution in [3.63, 3.8) is 0 Å². The number of nitrogens with zero attached hydrogens (tertiary/aromatic N) is 2. The highest BCUT2D eigenvalue weighted by atomic mass is 16.3. The molecule has 5 heteroatoms. The molecule has 2 heterocycles. The molecule has 110 valence electrons. The molecule has 0 bridgehead atoms. The third-order valence-corrected chi connectivity index (χ3v) is 4.50. The molecule has 2 aromatic heterocycles. The van der Waals surface area contributed by atoms with Crippen LogP contribution in [0.1, 0.15) is 43.1 Å². The van der Waals surface area contributed by atoms with Crippen LogP contribution in [-0.4, -0.2) is 33.1 Å². The summed E-state index contributed by atoms with van der Waals surface area (Å²) in [6.07, 6.45) is 6.35. The fourth-order valence-electron chi connectivity index (χ4n) is 2.96. The van der Waals surface area contributed by atoms with E-state index in [4.69, 9.17) is 4.42 Å². The first-order chi connectivity index (χ1) is 10.2. The van der Waals surface area contributed by atoms with Crippen molar-refractivity contribution in [2.75, 3.05) is 0 Å². The molecule has 1 amide bonds. The van der Waals surface area contributed by atoms with Gasteiger partial charge >= 0.3 is 0 Å². The molecule has 1 atom stereocenters. The molecule has 2 fully saturated rings. The zero-order valence-electron chi connectivity index (χ0n) is 12.1. The number of aromatic nitrogens is 2. The molecule has 0 radical (unpaired) electrons. The average Bonchev–Trinajstić information content (AvgIpc) is 3.39. The number of hydrogen-bond acceptors (Lipinski definition) is 3. The van der Waals surface area contributed by atoms with Gasteiger partial charge < -0.3 is 9.32 Å². The van der Waals surface area contributed by atoms with E-state index >= 15 is 0 Å². The lowest BCUT2D eigenvalue weighted by Crippen LogP contribution is -2.41. The van der Waals surface area contributed by atoms with Gasteiger partial charge in [-0.3, -0.25) is 9.89 Å². The summed E-state index contributed by atoms with van der Waals surface area (Å²) in [7, 11) is 0. The summed E-state index contributed by atoms with van der Waals surface area (Å²) in [5.74, 6) is 1.43. The Morgan fingerprint density at radius 2 is 2.24 bits per heavy atom. The van der Waals surface area contributed by atoms with Crippen LogP contribution in [0.2, 0.25) is 0 Å². The molecule has 1 N–H and O–H groups in total.